The van der Waals surface area contributed by atoms with Gasteiger partial charge in [0.05, 0.1) is 23.5 Å². The molecule has 0 atom stereocenters. The van der Waals surface area contributed by atoms with Crippen LogP contribution in [0.5, 0.6) is 17.2 Å². The number of rotatable bonds is 11. The van der Waals surface area contributed by atoms with Crippen molar-refractivity contribution in [3.63, 3.8) is 0 Å². The number of pyridine rings is 1. The van der Waals surface area contributed by atoms with Gasteiger partial charge < -0.3 is 24.8 Å². The third-order valence-corrected chi connectivity index (χ3v) is 6.99. The summed E-state index contributed by atoms with van der Waals surface area (Å²) in [5.74, 6) is 0.882. The van der Waals surface area contributed by atoms with Gasteiger partial charge in [-0.1, -0.05) is 20.8 Å². The number of nitrogens with one attached hydrogen (secondary N) is 3. The number of nitrogens with zero attached hydrogens (tertiary/aromatic N) is 3. The summed E-state index contributed by atoms with van der Waals surface area (Å²) in [6.07, 6.45) is 3.84. The number of carbonyl (C=O) groups is 2. The van der Waals surface area contributed by atoms with E-state index in [0.29, 0.717) is 46.4 Å². The smallest absolute Gasteiger partial charge is 0.324 e. The Morgan fingerprint density at radius 2 is 1.80 bits per heavy atom. The summed E-state index contributed by atoms with van der Waals surface area (Å²) in [5, 5.41) is 13.5. The molecule has 2 heterocycles. The van der Waals surface area contributed by atoms with Crippen molar-refractivity contribution in [3.8, 4) is 17.2 Å². The lowest BCUT2D eigenvalue weighted by molar-refractivity contribution is -0.114. The molecule has 0 aliphatic heterocycles. The quantitative estimate of drug-likeness (QED) is 0.163. The van der Waals surface area contributed by atoms with Crippen molar-refractivity contribution in [2.75, 3.05) is 36.3 Å². The number of amides is 3. The molecule has 3 N–H and O–H groups in total. The standard InChI is InChI=1S/C32H37FN6O5/c1-19(40)35-25-15-22-24(16-28(25)43-13-12-42-5)34-11-10-26(22)44-27-9-8-21(14-23(27)33)36-31(41)37-30-17-29(32(2,3)4)38-39(30)18-20-6-7-20/h8-11,14-17,20H,6-7,12-13,18H2,1-5H3,(H,35,40)(H2,36,37,41). The van der Waals surface area contributed by atoms with E-state index in [1.165, 1.54) is 25.3 Å². The summed E-state index contributed by atoms with van der Waals surface area (Å²) in [7, 11) is 1.56. The number of halogens is 1. The van der Waals surface area contributed by atoms with Gasteiger partial charge in [0.1, 0.15) is 23.9 Å². The first kappa shape index (κ1) is 30.7. The number of fused-ring (bicyclic) bond motifs is 1. The molecule has 232 valence electrons. The first-order valence-corrected chi connectivity index (χ1v) is 14.5. The van der Waals surface area contributed by atoms with Crippen LogP contribution in [-0.2, 0) is 21.5 Å². The van der Waals surface area contributed by atoms with Gasteiger partial charge in [-0.15, -0.1) is 0 Å². The monoisotopic (exact) mass is 604 g/mol. The van der Waals surface area contributed by atoms with E-state index in [4.69, 9.17) is 19.3 Å². The van der Waals surface area contributed by atoms with Crippen LogP contribution in [0.4, 0.5) is 26.4 Å². The Balaban J connectivity index is 1.32. The summed E-state index contributed by atoms with van der Waals surface area (Å²) in [6.45, 7) is 8.98. The minimum Gasteiger partial charge on any atom is -0.489 e. The Bertz CT molecular complexity index is 1680. The van der Waals surface area contributed by atoms with Crippen molar-refractivity contribution in [2.45, 2.75) is 52.5 Å². The molecule has 44 heavy (non-hydrogen) atoms. The second kappa shape index (κ2) is 12.9. The number of methoxy groups -OCH3 is 1. The predicted octanol–water partition coefficient (Wildman–Crippen LogP) is 6.70. The molecule has 2 aromatic carbocycles. The molecule has 1 aliphatic rings. The van der Waals surface area contributed by atoms with Crippen molar-refractivity contribution >= 4 is 40.0 Å². The lowest BCUT2D eigenvalue weighted by Crippen LogP contribution is -2.22. The van der Waals surface area contributed by atoms with Crippen LogP contribution in [0.2, 0.25) is 0 Å². The topological polar surface area (TPSA) is 129 Å². The SMILES string of the molecule is COCCOc1cc2nccc(Oc3ccc(NC(=O)Nc4cc(C(C)(C)C)nn4CC4CC4)cc3F)c2cc1NC(C)=O. The summed E-state index contributed by atoms with van der Waals surface area (Å²) >= 11 is 0. The molecule has 0 bridgehead atoms. The number of anilines is 3. The maximum Gasteiger partial charge on any atom is 0.324 e. The zero-order valence-electron chi connectivity index (χ0n) is 25.5. The second-order valence-corrected chi connectivity index (χ2v) is 11.8. The zero-order valence-corrected chi connectivity index (χ0v) is 25.5. The van der Waals surface area contributed by atoms with Gasteiger partial charge in [0.2, 0.25) is 5.91 Å². The van der Waals surface area contributed by atoms with Crippen LogP contribution in [0, 0.1) is 11.7 Å². The molecule has 0 unspecified atom stereocenters. The number of hydrogen-bond donors (Lipinski definition) is 3. The average Bonchev–Trinajstić information content (AvgIpc) is 3.68. The molecule has 2 aromatic heterocycles. The summed E-state index contributed by atoms with van der Waals surface area (Å²) in [5.41, 5.74) is 1.89. The second-order valence-electron chi connectivity index (χ2n) is 11.8. The van der Waals surface area contributed by atoms with E-state index in [9.17, 15) is 9.59 Å². The Labute approximate surface area is 255 Å². The Kier molecular flexibility index (Phi) is 9.00. The highest BCUT2D eigenvalue weighted by atomic mass is 19.1. The van der Waals surface area contributed by atoms with Crippen LogP contribution in [0.25, 0.3) is 10.9 Å². The van der Waals surface area contributed by atoms with Crippen LogP contribution in [0.1, 0.15) is 46.2 Å². The van der Waals surface area contributed by atoms with Crippen LogP contribution >= 0.6 is 0 Å². The highest BCUT2D eigenvalue weighted by Crippen LogP contribution is 2.37. The van der Waals surface area contributed by atoms with Crippen molar-refractivity contribution in [1.82, 2.24) is 14.8 Å². The maximum atomic E-state index is 15.2. The molecule has 0 radical (unpaired) electrons. The van der Waals surface area contributed by atoms with Gasteiger partial charge in [0.25, 0.3) is 0 Å². The molecule has 4 aromatic rings. The molecule has 11 nitrogen and oxygen atoms in total. The van der Waals surface area contributed by atoms with Crippen molar-refractivity contribution in [2.24, 2.45) is 5.92 Å². The van der Waals surface area contributed by atoms with E-state index in [2.05, 4.69) is 41.7 Å². The normalized spacial score (nSPS) is 13.0. The first-order valence-electron chi connectivity index (χ1n) is 14.5. The fraction of sp³-hybridized carbons (Fsp3) is 0.375. The van der Waals surface area contributed by atoms with Gasteiger partial charge >= 0.3 is 6.03 Å². The third-order valence-electron chi connectivity index (χ3n) is 6.99. The minimum absolute atomic E-state index is 0.0534. The third kappa shape index (κ3) is 7.62. The van der Waals surface area contributed by atoms with E-state index < -0.39 is 11.8 Å². The number of aromatic nitrogens is 3. The fourth-order valence-electron chi connectivity index (χ4n) is 4.51. The molecule has 5 rings (SSSR count). The largest absolute Gasteiger partial charge is 0.489 e. The molecule has 3 amide bonds. The van der Waals surface area contributed by atoms with Crippen molar-refractivity contribution in [3.05, 3.63) is 60.2 Å². The molecule has 12 heteroatoms. The number of hydrogen-bond acceptors (Lipinski definition) is 7. The Morgan fingerprint density at radius 1 is 1.00 bits per heavy atom. The van der Waals surface area contributed by atoms with Gasteiger partial charge in [0.15, 0.2) is 11.6 Å². The number of benzene rings is 2. The molecule has 1 saturated carbocycles. The molecule has 0 spiro atoms. The van der Waals surface area contributed by atoms with Gasteiger partial charge in [-0.05, 0) is 43.0 Å². The Hall–Kier alpha value is -4.71. The van der Waals surface area contributed by atoms with Crippen molar-refractivity contribution in [1.29, 1.82) is 0 Å². The van der Waals surface area contributed by atoms with Gasteiger partial charge in [0, 0.05) is 61.5 Å². The average molecular weight is 605 g/mol. The highest BCUT2D eigenvalue weighted by molar-refractivity contribution is 5.99. The van der Waals surface area contributed by atoms with E-state index >= 15 is 4.39 Å². The molecular formula is C32H37FN6O5. The van der Waals surface area contributed by atoms with Crippen LogP contribution in [0.3, 0.4) is 0 Å². The maximum absolute atomic E-state index is 15.2. The van der Waals surface area contributed by atoms with Crippen LogP contribution in [-0.4, -0.2) is 47.0 Å². The number of urea groups is 1. The summed E-state index contributed by atoms with van der Waals surface area (Å²) < 4.78 is 33.8. The van der Waals surface area contributed by atoms with Gasteiger partial charge in [-0.25, -0.2) is 13.9 Å². The molecular weight excluding hydrogens is 567 g/mol. The minimum atomic E-state index is -0.678. The van der Waals surface area contributed by atoms with Gasteiger partial charge in [-0.2, -0.15) is 5.10 Å². The predicted molar refractivity (Wildman–Crippen MR) is 166 cm³/mol. The van der Waals surface area contributed by atoms with Crippen LogP contribution < -0.4 is 25.4 Å². The van der Waals surface area contributed by atoms with Crippen LogP contribution in [0.15, 0.2) is 48.7 Å². The Morgan fingerprint density at radius 3 is 2.48 bits per heavy atom. The molecule has 1 aliphatic carbocycles. The molecule has 1 fully saturated rings. The highest BCUT2D eigenvalue weighted by Gasteiger charge is 2.26. The first-order chi connectivity index (χ1) is 21.0. The van der Waals surface area contributed by atoms with E-state index in [-0.39, 0.29) is 29.4 Å². The molecule has 0 saturated heterocycles. The summed E-state index contributed by atoms with van der Waals surface area (Å²) in [6, 6.07) is 10.5. The van der Waals surface area contributed by atoms with Gasteiger partial charge in [-0.3, -0.25) is 15.1 Å². The zero-order chi connectivity index (χ0) is 31.4. The van der Waals surface area contributed by atoms with Crippen molar-refractivity contribution < 1.29 is 28.2 Å². The lowest BCUT2D eigenvalue weighted by atomic mass is 9.92. The summed E-state index contributed by atoms with van der Waals surface area (Å²) in [4.78, 5) is 29.1. The fourth-order valence-corrected chi connectivity index (χ4v) is 4.51. The van der Waals surface area contributed by atoms with E-state index in [0.717, 1.165) is 25.1 Å². The van der Waals surface area contributed by atoms with E-state index in [1.807, 2.05) is 10.7 Å². The number of carbonyl (C=O) groups excluding carboxylic acids is 2. The van der Waals surface area contributed by atoms with E-state index in [1.54, 1.807) is 31.4 Å². The lowest BCUT2D eigenvalue weighted by Gasteiger charge is -2.15. The number of ether oxygens (including phenoxy) is 3.